The topological polar surface area (TPSA) is 58.6 Å². The van der Waals surface area contributed by atoms with E-state index in [1.54, 1.807) is 17.0 Å². The van der Waals surface area contributed by atoms with Crippen LogP contribution in [0.5, 0.6) is 5.75 Å². The molecule has 0 aliphatic heterocycles. The predicted molar refractivity (Wildman–Crippen MR) is 116 cm³/mol. The molecule has 2 aromatic rings. The summed E-state index contributed by atoms with van der Waals surface area (Å²) in [5, 5.41) is 5.03. The van der Waals surface area contributed by atoms with Gasteiger partial charge >= 0.3 is 0 Å². The standard InChI is InChI=1S/C23H28N2O3S/c1-3-15-25(23(27)20-14-9-16-29-20)21(22(26)24-17-10-5-6-11-17)18-12-7-8-13-19(18)28-4-2/h3,7-9,12-14,16-17,21H,1,4-6,10-11,15H2,2H3,(H,24,26)/t21-/m1/s1. The number of rotatable bonds is 9. The number of thiophene rings is 1. The highest BCUT2D eigenvalue weighted by molar-refractivity contribution is 7.12. The molecule has 3 rings (SSSR count). The summed E-state index contributed by atoms with van der Waals surface area (Å²) in [5.41, 5.74) is 0.691. The number of nitrogens with one attached hydrogen (secondary N) is 1. The summed E-state index contributed by atoms with van der Waals surface area (Å²) >= 11 is 1.37. The molecule has 154 valence electrons. The van der Waals surface area contributed by atoms with E-state index in [0.717, 1.165) is 25.7 Å². The molecular formula is C23H28N2O3S. The van der Waals surface area contributed by atoms with Gasteiger partial charge in [0.25, 0.3) is 5.91 Å². The Morgan fingerprint density at radius 3 is 2.69 bits per heavy atom. The Morgan fingerprint density at radius 2 is 2.03 bits per heavy atom. The number of hydrogen-bond donors (Lipinski definition) is 1. The lowest BCUT2D eigenvalue weighted by Crippen LogP contribution is -2.46. The van der Waals surface area contributed by atoms with Crippen LogP contribution in [-0.2, 0) is 4.79 Å². The molecule has 1 N–H and O–H groups in total. The summed E-state index contributed by atoms with van der Waals surface area (Å²) < 4.78 is 5.80. The van der Waals surface area contributed by atoms with Crippen molar-refractivity contribution in [1.82, 2.24) is 10.2 Å². The fourth-order valence-corrected chi connectivity index (χ4v) is 4.46. The Morgan fingerprint density at radius 1 is 1.28 bits per heavy atom. The fourth-order valence-electron chi connectivity index (χ4n) is 3.78. The highest BCUT2D eigenvalue weighted by atomic mass is 32.1. The van der Waals surface area contributed by atoms with Gasteiger partial charge in [0.15, 0.2) is 0 Å². The molecule has 6 heteroatoms. The van der Waals surface area contributed by atoms with E-state index in [4.69, 9.17) is 4.74 Å². The average molecular weight is 413 g/mol. The van der Waals surface area contributed by atoms with E-state index in [1.165, 1.54) is 11.3 Å². The van der Waals surface area contributed by atoms with Crippen molar-refractivity contribution in [2.24, 2.45) is 0 Å². The molecule has 0 unspecified atom stereocenters. The fraction of sp³-hybridized carbons (Fsp3) is 0.391. The van der Waals surface area contributed by atoms with Crippen molar-refractivity contribution in [3.05, 3.63) is 64.9 Å². The van der Waals surface area contributed by atoms with Crippen LogP contribution in [0.4, 0.5) is 0 Å². The zero-order valence-corrected chi connectivity index (χ0v) is 17.6. The molecule has 0 bridgehead atoms. The lowest BCUT2D eigenvalue weighted by Gasteiger charge is -2.32. The Hall–Kier alpha value is -2.60. The lowest BCUT2D eigenvalue weighted by atomic mass is 10.0. The second kappa shape index (κ2) is 10.3. The first-order chi connectivity index (χ1) is 14.2. The SMILES string of the molecule is C=CCN(C(=O)c1cccs1)[C@@H](C(=O)NC1CCCC1)c1ccccc1OCC. The Labute approximate surface area is 176 Å². The number of hydrogen-bond acceptors (Lipinski definition) is 4. The van der Waals surface area contributed by atoms with Gasteiger partial charge in [-0.2, -0.15) is 0 Å². The van der Waals surface area contributed by atoms with Gasteiger partial charge in [0, 0.05) is 18.2 Å². The minimum absolute atomic E-state index is 0.159. The molecule has 1 aromatic carbocycles. The molecule has 2 amide bonds. The number of carbonyl (C=O) groups excluding carboxylic acids is 2. The normalized spacial score (nSPS) is 14.9. The van der Waals surface area contributed by atoms with Crippen molar-refractivity contribution in [2.75, 3.05) is 13.2 Å². The maximum Gasteiger partial charge on any atom is 0.265 e. The van der Waals surface area contributed by atoms with E-state index in [0.29, 0.717) is 22.8 Å². The summed E-state index contributed by atoms with van der Waals surface area (Å²) in [5.74, 6) is 0.267. The third-order valence-corrected chi connectivity index (χ3v) is 5.95. The van der Waals surface area contributed by atoms with E-state index in [-0.39, 0.29) is 24.4 Å². The van der Waals surface area contributed by atoms with Crippen LogP contribution in [0.15, 0.2) is 54.4 Å². The van der Waals surface area contributed by atoms with E-state index in [9.17, 15) is 9.59 Å². The third-order valence-electron chi connectivity index (χ3n) is 5.09. The quantitative estimate of drug-likeness (QED) is 0.614. The predicted octanol–water partition coefficient (Wildman–Crippen LogP) is 4.58. The van der Waals surface area contributed by atoms with Crippen molar-refractivity contribution in [3.8, 4) is 5.75 Å². The maximum atomic E-state index is 13.5. The average Bonchev–Trinajstić information content (AvgIpc) is 3.42. The van der Waals surface area contributed by atoms with Crippen LogP contribution in [0.25, 0.3) is 0 Å². The second-order valence-corrected chi connectivity index (χ2v) is 8.03. The minimum Gasteiger partial charge on any atom is -0.494 e. The number of carbonyl (C=O) groups is 2. The summed E-state index contributed by atoms with van der Waals surface area (Å²) in [6.45, 7) is 6.46. The molecule has 0 radical (unpaired) electrons. The lowest BCUT2D eigenvalue weighted by molar-refractivity contribution is -0.126. The highest BCUT2D eigenvalue weighted by Crippen LogP contribution is 2.32. The first-order valence-electron chi connectivity index (χ1n) is 10.1. The number of amides is 2. The molecule has 1 saturated carbocycles. The van der Waals surface area contributed by atoms with E-state index in [2.05, 4.69) is 11.9 Å². The van der Waals surface area contributed by atoms with Crippen LogP contribution in [0.3, 0.4) is 0 Å². The van der Waals surface area contributed by atoms with Crippen LogP contribution in [0.1, 0.15) is 53.9 Å². The molecule has 1 fully saturated rings. The first-order valence-corrected chi connectivity index (χ1v) is 11.0. The summed E-state index contributed by atoms with van der Waals surface area (Å²) in [6.07, 6.45) is 5.85. The van der Waals surface area contributed by atoms with Gasteiger partial charge in [-0.1, -0.05) is 43.2 Å². The Balaban J connectivity index is 2.01. The minimum atomic E-state index is -0.786. The zero-order chi connectivity index (χ0) is 20.6. The van der Waals surface area contributed by atoms with Crippen molar-refractivity contribution >= 4 is 23.2 Å². The van der Waals surface area contributed by atoms with Gasteiger partial charge in [-0.3, -0.25) is 9.59 Å². The molecular weight excluding hydrogens is 384 g/mol. The largest absolute Gasteiger partial charge is 0.494 e. The van der Waals surface area contributed by atoms with Crippen LogP contribution in [0, 0.1) is 0 Å². The Bertz CT molecular complexity index is 828. The maximum absolute atomic E-state index is 13.5. The molecule has 1 heterocycles. The number of benzene rings is 1. The van der Waals surface area contributed by atoms with Gasteiger partial charge in [0.05, 0.1) is 11.5 Å². The van der Waals surface area contributed by atoms with Crippen molar-refractivity contribution in [3.63, 3.8) is 0 Å². The molecule has 1 aromatic heterocycles. The number of ether oxygens (including phenoxy) is 1. The van der Waals surface area contributed by atoms with Crippen molar-refractivity contribution in [2.45, 2.75) is 44.7 Å². The third kappa shape index (κ3) is 5.07. The van der Waals surface area contributed by atoms with Crippen LogP contribution in [0.2, 0.25) is 0 Å². The molecule has 1 aliphatic carbocycles. The molecule has 1 atom stereocenters. The van der Waals surface area contributed by atoms with Gasteiger partial charge in [-0.15, -0.1) is 17.9 Å². The van der Waals surface area contributed by atoms with Gasteiger partial charge in [-0.05, 0) is 37.3 Å². The van der Waals surface area contributed by atoms with Crippen LogP contribution in [-0.4, -0.2) is 35.9 Å². The van der Waals surface area contributed by atoms with E-state index < -0.39 is 6.04 Å². The first kappa shape index (κ1) is 21.1. The smallest absolute Gasteiger partial charge is 0.265 e. The van der Waals surface area contributed by atoms with Gasteiger partial charge in [0.2, 0.25) is 5.91 Å². The summed E-state index contributed by atoms with van der Waals surface area (Å²) in [6, 6.07) is 10.4. The molecule has 29 heavy (non-hydrogen) atoms. The van der Waals surface area contributed by atoms with E-state index in [1.807, 2.05) is 42.6 Å². The Kier molecular flexibility index (Phi) is 7.47. The van der Waals surface area contributed by atoms with Gasteiger partial charge in [-0.25, -0.2) is 0 Å². The molecule has 5 nitrogen and oxygen atoms in total. The monoisotopic (exact) mass is 412 g/mol. The molecule has 0 saturated heterocycles. The molecule has 0 spiro atoms. The van der Waals surface area contributed by atoms with E-state index >= 15 is 0 Å². The van der Waals surface area contributed by atoms with Crippen LogP contribution < -0.4 is 10.1 Å². The van der Waals surface area contributed by atoms with Gasteiger partial charge < -0.3 is 15.0 Å². The summed E-state index contributed by atoms with van der Waals surface area (Å²) in [4.78, 5) is 28.9. The summed E-state index contributed by atoms with van der Waals surface area (Å²) in [7, 11) is 0. The second-order valence-electron chi connectivity index (χ2n) is 7.09. The van der Waals surface area contributed by atoms with Gasteiger partial charge in [0.1, 0.15) is 11.8 Å². The van der Waals surface area contributed by atoms with Crippen molar-refractivity contribution in [1.29, 1.82) is 0 Å². The molecule has 1 aliphatic rings. The van der Waals surface area contributed by atoms with Crippen molar-refractivity contribution < 1.29 is 14.3 Å². The highest BCUT2D eigenvalue weighted by Gasteiger charge is 2.35. The number of nitrogens with zero attached hydrogens (tertiary/aromatic N) is 1. The zero-order valence-electron chi connectivity index (χ0n) is 16.8. The number of para-hydroxylation sites is 1. The van der Waals surface area contributed by atoms with Crippen LogP contribution >= 0.6 is 11.3 Å².